The van der Waals surface area contributed by atoms with E-state index in [1.54, 1.807) is 32.1 Å². The Bertz CT molecular complexity index is 1210. The minimum atomic E-state index is 0.524. The second-order valence-electron chi connectivity index (χ2n) is 6.48. The lowest BCUT2D eigenvalue weighted by Crippen LogP contribution is -2.04. The van der Waals surface area contributed by atoms with Gasteiger partial charge in [-0.1, -0.05) is 12.1 Å². The number of para-hydroxylation sites is 2. The molecule has 0 radical (unpaired) electrons. The van der Waals surface area contributed by atoms with E-state index in [9.17, 15) is 0 Å². The highest BCUT2D eigenvalue weighted by atomic mass is 32.2. The van der Waals surface area contributed by atoms with Crippen molar-refractivity contribution < 1.29 is 14.2 Å². The largest absolute Gasteiger partial charge is 0.497 e. The molecular formula is C21H22N6O3S. The van der Waals surface area contributed by atoms with E-state index in [1.807, 2.05) is 49.6 Å². The normalized spacial score (nSPS) is 10.7. The van der Waals surface area contributed by atoms with Crippen LogP contribution in [0, 0.1) is 0 Å². The van der Waals surface area contributed by atoms with Crippen molar-refractivity contribution in [1.82, 2.24) is 19.7 Å². The van der Waals surface area contributed by atoms with Gasteiger partial charge in [0.25, 0.3) is 0 Å². The molecule has 0 fully saturated rings. The molecule has 0 bridgehead atoms. The van der Waals surface area contributed by atoms with Gasteiger partial charge >= 0.3 is 0 Å². The Morgan fingerprint density at radius 1 is 0.903 bits per heavy atom. The van der Waals surface area contributed by atoms with Crippen LogP contribution in [0.15, 0.2) is 53.7 Å². The molecule has 2 heterocycles. The highest BCUT2D eigenvalue weighted by molar-refractivity contribution is 8.00. The molecule has 0 saturated carbocycles. The van der Waals surface area contributed by atoms with Crippen LogP contribution in [0.3, 0.4) is 0 Å². The Hall–Kier alpha value is -3.66. The van der Waals surface area contributed by atoms with E-state index >= 15 is 0 Å². The number of ether oxygens (including phenoxy) is 3. The van der Waals surface area contributed by atoms with Gasteiger partial charge in [0, 0.05) is 37.3 Å². The lowest BCUT2D eigenvalue weighted by Gasteiger charge is -2.17. The fraction of sp³-hybridized carbons (Fsp3) is 0.190. The third kappa shape index (κ3) is 4.43. The molecule has 2 aromatic heterocycles. The number of aromatic nitrogens is 4. The van der Waals surface area contributed by atoms with Crippen LogP contribution in [0.1, 0.15) is 0 Å². The van der Waals surface area contributed by atoms with Crippen LogP contribution in [0.5, 0.6) is 17.2 Å². The Kier molecular flexibility index (Phi) is 5.99. The lowest BCUT2D eigenvalue weighted by atomic mass is 10.2. The first-order chi connectivity index (χ1) is 15.1. The number of methoxy groups -OCH3 is 3. The van der Waals surface area contributed by atoms with Gasteiger partial charge in [0.2, 0.25) is 0 Å². The minimum Gasteiger partial charge on any atom is -0.497 e. The van der Waals surface area contributed by atoms with Crippen LogP contribution in [-0.2, 0) is 7.05 Å². The Balaban J connectivity index is 1.75. The van der Waals surface area contributed by atoms with Crippen LogP contribution >= 0.6 is 11.9 Å². The van der Waals surface area contributed by atoms with Gasteiger partial charge in [0.15, 0.2) is 23.1 Å². The van der Waals surface area contributed by atoms with Gasteiger partial charge in [-0.25, -0.2) is 9.97 Å². The number of hydrogen-bond acceptors (Lipinski definition) is 9. The van der Waals surface area contributed by atoms with E-state index in [-0.39, 0.29) is 0 Å². The summed E-state index contributed by atoms with van der Waals surface area (Å²) in [5.74, 6) is 2.76. The molecule has 2 aromatic carbocycles. The molecule has 10 heteroatoms. The summed E-state index contributed by atoms with van der Waals surface area (Å²) in [6, 6.07) is 13.2. The molecule has 0 aliphatic carbocycles. The number of hydrogen-bond donors (Lipinski definition) is 2. The first-order valence-corrected chi connectivity index (χ1v) is 10.2. The van der Waals surface area contributed by atoms with E-state index in [4.69, 9.17) is 24.2 Å². The summed E-state index contributed by atoms with van der Waals surface area (Å²) in [6.07, 6.45) is 1.88. The van der Waals surface area contributed by atoms with Crippen molar-refractivity contribution in [2.24, 2.45) is 7.05 Å². The van der Waals surface area contributed by atoms with Crippen molar-refractivity contribution in [1.29, 1.82) is 0 Å². The smallest absolute Gasteiger partial charge is 0.184 e. The van der Waals surface area contributed by atoms with Crippen molar-refractivity contribution >= 4 is 40.3 Å². The Labute approximate surface area is 183 Å². The summed E-state index contributed by atoms with van der Waals surface area (Å²) in [5, 5.41) is 8.49. The second kappa shape index (κ2) is 9.00. The van der Waals surface area contributed by atoms with Crippen molar-refractivity contribution in [2.75, 3.05) is 31.4 Å². The van der Waals surface area contributed by atoms with Crippen molar-refractivity contribution in [3.63, 3.8) is 0 Å². The molecule has 31 heavy (non-hydrogen) atoms. The molecule has 0 aliphatic heterocycles. The molecule has 0 saturated heterocycles. The maximum Gasteiger partial charge on any atom is 0.184 e. The van der Waals surface area contributed by atoms with E-state index in [2.05, 4.69) is 15.1 Å². The third-order valence-corrected chi connectivity index (χ3v) is 5.18. The topological polar surface area (TPSA) is 95.4 Å². The number of fused-ring (bicyclic) bond motifs is 1. The predicted molar refractivity (Wildman–Crippen MR) is 122 cm³/mol. The molecule has 9 nitrogen and oxygen atoms in total. The lowest BCUT2D eigenvalue weighted by molar-refractivity contribution is 0.350. The monoisotopic (exact) mass is 438 g/mol. The molecular weight excluding hydrogens is 416 g/mol. The van der Waals surface area contributed by atoms with Gasteiger partial charge in [-0.05, 0) is 18.2 Å². The van der Waals surface area contributed by atoms with Gasteiger partial charge in [0.1, 0.15) is 10.8 Å². The average Bonchev–Trinajstić information content (AvgIpc) is 3.22. The minimum absolute atomic E-state index is 0.524. The molecule has 2 N–H and O–H groups in total. The zero-order valence-electron chi connectivity index (χ0n) is 17.5. The molecule has 4 aromatic rings. The SMILES string of the molecule is COc1cc(Nc2nc3ccccc3nc2NSc2ccn(C)n2)c(OC)c(OC)c1. The zero-order chi connectivity index (χ0) is 21.8. The maximum atomic E-state index is 5.57. The van der Waals surface area contributed by atoms with Crippen molar-refractivity contribution in [3.05, 3.63) is 48.7 Å². The van der Waals surface area contributed by atoms with Crippen LogP contribution in [0.4, 0.5) is 17.3 Å². The highest BCUT2D eigenvalue weighted by Gasteiger charge is 2.17. The molecule has 160 valence electrons. The van der Waals surface area contributed by atoms with Crippen molar-refractivity contribution in [3.8, 4) is 17.2 Å². The quantitative estimate of drug-likeness (QED) is 0.391. The number of rotatable bonds is 8. The van der Waals surface area contributed by atoms with Crippen LogP contribution < -0.4 is 24.2 Å². The summed E-state index contributed by atoms with van der Waals surface area (Å²) in [7, 11) is 6.62. The Morgan fingerprint density at radius 2 is 1.65 bits per heavy atom. The average molecular weight is 439 g/mol. The first-order valence-electron chi connectivity index (χ1n) is 9.37. The fourth-order valence-corrected chi connectivity index (χ4v) is 3.63. The van der Waals surface area contributed by atoms with Crippen LogP contribution in [0.25, 0.3) is 11.0 Å². The maximum absolute atomic E-state index is 5.57. The summed E-state index contributed by atoms with van der Waals surface area (Å²) < 4.78 is 21.4. The number of anilines is 3. The van der Waals surface area contributed by atoms with Crippen LogP contribution in [0.2, 0.25) is 0 Å². The van der Waals surface area contributed by atoms with E-state index in [0.29, 0.717) is 34.6 Å². The molecule has 0 spiro atoms. The Morgan fingerprint density at radius 3 is 2.26 bits per heavy atom. The van der Waals surface area contributed by atoms with Gasteiger partial charge < -0.3 is 24.2 Å². The zero-order valence-corrected chi connectivity index (χ0v) is 18.4. The molecule has 4 rings (SSSR count). The molecule has 0 amide bonds. The number of nitrogens with one attached hydrogen (secondary N) is 2. The standard InChI is InChI=1S/C21H22N6O3S/c1-27-10-9-18(25-27)31-26-21-20(22-14-7-5-6-8-15(14)23-21)24-16-11-13(28-2)12-17(29-3)19(16)30-4/h5-12H,1-4H3,(H,22,24)(H,23,26). The number of aryl methyl sites for hydroxylation is 1. The molecule has 0 unspecified atom stereocenters. The second-order valence-corrected chi connectivity index (χ2v) is 7.30. The van der Waals surface area contributed by atoms with E-state index in [0.717, 1.165) is 16.1 Å². The number of nitrogens with zero attached hydrogens (tertiary/aromatic N) is 4. The first kappa shape index (κ1) is 20.6. The third-order valence-electron chi connectivity index (χ3n) is 4.45. The van der Waals surface area contributed by atoms with Gasteiger partial charge in [-0.2, -0.15) is 5.10 Å². The molecule has 0 atom stereocenters. The predicted octanol–water partition coefficient (Wildman–Crippen LogP) is 4.25. The summed E-state index contributed by atoms with van der Waals surface area (Å²) in [5.41, 5.74) is 2.16. The summed E-state index contributed by atoms with van der Waals surface area (Å²) in [6.45, 7) is 0. The van der Waals surface area contributed by atoms with Crippen LogP contribution in [-0.4, -0.2) is 41.1 Å². The van der Waals surface area contributed by atoms with Gasteiger partial charge in [-0.3, -0.25) is 4.68 Å². The molecule has 0 aliphatic rings. The van der Waals surface area contributed by atoms with Gasteiger partial charge in [0.05, 0.1) is 38.1 Å². The number of benzene rings is 2. The van der Waals surface area contributed by atoms with E-state index in [1.165, 1.54) is 11.9 Å². The fourth-order valence-electron chi connectivity index (χ4n) is 2.98. The summed E-state index contributed by atoms with van der Waals surface area (Å²) >= 11 is 1.35. The van der Waals surface area contributed by atoms with E-state index < -0.39 is 0 Å². The summed E-state index contributed by atoms with van der Waals surface area (Å²) in [4.78, 5) is 9.50. The highest BCUT2D eigenvalue weighted by Crippen LogP contribution is 2.41. The van der Waals surface area contributed by atoms with Gasteiger partial charge in [-0.15, -0.1) is 0 Å². The van der Waals surface area contributed by atoms with Crippen molar-refractivity contribution in [2.45, 2.75) is 5.03 Å².